The van der Waals surface area contributed by atoms with Crippen molar-refractivity contribution < 1.29 is 13.6 Å². The third-order valence-electron chi connectivity index (χ3n) is 2.19. The van der Waals surface area contributed by atoms with E-state index in [0.29, 0.717) is 0 Å². The summed E-state index contributed by atoms with van der Waals surface area (Å²) in [7, 11) is 0. The molecule has 0 saturated heterocycles. The number of hydrazine groups is 1. The van der Waals surface area contributed by atoms with Crippen molar-refractivity contribution in [3.05, 3.63) is 47.9 Å². The number of halogens is 2. The molecule has 0 atom stereocenters. The van der Waals surface area contributed by atoms with E-state index in [9.17, 15) is 13.6 Å². The highest BCUT2D eigenvalue weighted by Crippen LogP contribution is 2.16. The monoisotopic (exact) mass is 265 g/mol. The lowest BCUT2D eigenvalue weighted by Crippen LogP contribution is -2.17. The zero-order valence-electron chi connectivity index (χ0n) is 9.52. The van der Waals surface area contributed by atoms with E-state index in [1.54, 1.807) is 0 Å². The fraction of sp³-hybridized carbons (Fsp3) is 0. The van der Waals surface area contributed by atoms with E-state index < -0.39 is 17.5 Å². The van der Waals surface area contributed by atoms with Gasteiger partial charge in [-0.2, -0.15) is 0 Å². The number of nitrogens with zero attached hydrogens (tertiary/aromatic N) is 2. The van der Waals surface area contributed by atoms with Crippen LogP contribution in [0.4, 0.5) is 20.3 Å². The highest BCUT2D eigenvalue weighted by atomic mass is 19.1. The molecule has 0 spiro atoms. The summed E-state index contributed by atoms with van der Waals surface area (Å²) in [5, 5.41) is 2.19. The van der Waals surface area contributed by atoms with Gasteiger partial charge in [-0.3, -0.25) is 9.78 Å². The maximum Gasteiger partial charge on any atom is 0.276 e. The molecule has 6 nitrogen and oxygen atoms in total. The molecule has 2 rings (SSSR count). The number of hydrogen-bond acceptors (Lipinski definition) is 5. The van der Waals surface area contributed by atoms with Gasteiger partial charge >= 0.3 is 0 Å². The van der Waals surface area contributed by atoms with E-state index in [1.807, 2.05) is 0 Å². The number of nitrogen functional groups attached to an aromatic ring is 1. The van der Waals surface area contributed by atoms with Gasteiger partial charge in [-0.15, -0.1) is 0 Å². The lowest BCUT2D eigenvalue weighted by Gasteiger charge is -2.06. The quantitative estimate of drug-likeness (QED) is 0.574. The number of anilines is 2. The topological polar surface area (TPSA) is 92.9 Å². The van der Waals surface area contributed by atoms with Crippen molar-refractivity contribution in [2.75, 3.05) is 10.7 Å². The van der Waals surface area contributed by atoms with Gasteiger partial charge in [0.05, 0.1) is 18.1 Å². The first kappa shape index (κ1) is 12.8. The van der Waals surface area contributed by atoms with E-state index in [1.165, 1.54) is 12.4 Å². The highest BCUT2D eigenvalue weighted by molar-refractivity contribution is 6.02. The SMILES string of the molecule is NNc1cncc(C(=O)Nc2cc(F)ccc2F)n1. The summed E-state index contributed by atoms with van der Waals surface area (Å²) < 4.78 is 26.3. The van der Waals surface area contributed by atoms with Crippen LogP contribution in [-0.2, 0) is 0 Å². The molecule has 0 saturated carbocycles. The largest absolute Gasteiger partial charge is 0.318 e. The molecule has 1 aromatic carbocycles. The molecule has 0 fully saturated rings. The van der Waals surface area contributed by atoms with E-state index in [4.69, 9.17) is 5.84 Å². The van der Waals surface area contributed by atoms with E-state index in [2.05, 4.69) is 20.7 Å². The van der Waals surface area contributed by atoms with Crippen LogP contribution in [0.25, 0.3) is 0 Å². The third kappa shape index (κ3) is 2.99. The van der Waals surface area contributed by atoms with Crippen LogP contribution in [0.3, 0.4) is 0 Å². The van der Waals surface area contributed by atoms with E-state index >= 15 is 0 Å². The van der Waals surface area contributed by atoms with Gasteiger partial charge in [0.1, 0.15) is 17.3 Å². The first-order valence-corrected chi connectivity index (χ1v) is 5.15. The minimum absolute atomic E-state index is 0.0842. The fourth-order valence-corrected chi connectivity index (χ4v) is 1.32. The number of amides is 1. The Kier molecular flexibility index (Phi) is 3.62. The summed E-state index contributed by atoms with van der Waals surface area (Å²) in [5.41, 5.74) is 1.86. The second-order valence-electron chi connectivity index (χ2n) is 3.51. The Labute approximate surface area is 106 Å². The minimum Gasteiger partial charge on any atom is -0.318 e. The smallest absolute Gasteiger partial charge is 0.276 e. The van der Waals surface area contributed by atoms with Crippen LogP contribution in [-0.4, -0.2) is 15.9 Å². The van der Waals surface area contributed by atoms with E-state index in [-0.39, 0.29) is 17.2 Å². The zero-order valence-corrected chi connectivity index (χ0v) is 9.52. The summed E-state index contributed by atoms with van der Waals surface area (Å²) in [6.07, 6.45) is 2.48. The predicted molar refractivity (Wildman–Crippen MR) is 64.2 cm³/mol. The number of carbonyl (C=O) groups is 1. The van der Waals surface area contributed by atoms with Crippen molar-refractivity contribution in [2.24, 2.45) is 5.84 Å². The van der Waals surface area contributed by atoms with Crippen LogP contribution in [0.2, 0.25) is 0 Å². The molecule has 2 aromatic rings. The lowest BCUT2D eigenvalue weighted by atomic mass is 10.3. The molecular weight excluding hydrogens is 256 g/mol. The number of nitrogens with one attached hydrogen (secondary N) is 2. The van der Waals surface area contributed by atoms with Crippen molar-refractivity contribution in [2.45, 2.75) is 0 Å². The molecule has 1 heterocycles. The van der Waals surface area contributed by atoms with Crippen LogP contribution >= 0.6 is 0 Å². The number of carbonyl (C=O) groups excluding carboxylic acids is 1. The fourth-order valence-electron chi connectivity index (χ4n) is 1.32. The molecule has 0 aliphatic heterocycles. The van der Waals surface area contributed by atoms with Crippen LogP contribution in [0.1, 0.15) is 10.5 Å². The molecule has 1 amide bonds. The Morgan fingerprint density at radius 1 is 1.26 bits per heavy atom. The van der Waals surface area contributed by atoms with Gasteiger partial charge in [-0.05, 0) is 12.1 Å². The van der Waals surface area contributed by atoms with Gasteiger partial charge in [0.2, 0.25) is 0 Å². The number of benzene rings is 1. The molecular formula is C11H9F2N5O. The van der Waals surface area contributed by atoms with Crippen molar-refractivity contribution in [1.82, 2.24) is 9.97 Å². The first-order valence-electron chi connectivity index (χ1n) is 5.15. The Hall–Kier alpha value is -2.61. The standard InChI is InChI=1S/C11H9F2N5O/c12-6-1-2-7(13)8(3-6)17-11(19)9-4-15-5-10(16-9)18-14/h1-5H,14H2,(H,16,18)(H,17,19). The Bertz CT molecular complexity index is 620. The average Bonchev–Trinajstić information content (AvgIpc) is 2.43. The summed E-state index contributed by atoms with van der Waals surface area (Å²) in [5.74, 6) is 3.15. The van der Waals surface area contributed by atoms with Crippen LogP contribution in [0.5, 0.6) is 0 Å². The summed E-state index contributed by atoms with van der Waals surface area (Å²) in [6.45, 7) is 0. The zero-order chi connectivity index (χ0) is 13.8. The van der Waals surface area contributed by atoms with Crippen LogP contribution in [0.15, 0.2) is 30.6 Å². The number of rotatable bonds is 3. The molecule has 0 aliphatic rings. The summed E-state index contributed by atoms with van der Waals surface area (Å²) in [6, 6.07) is 2.73. The molecule has 0 radical (unpaired) electrons. The summed E-state index contributed by atoms with van der Waals surface area (Å²) >= 11 is 0. The van der Waals surface area contributed by atoms with Crippen LogP contribution < -0.4 is 16.6 Å². The number of aromatic nitrogens is 2. The van der Waals surface area contributed by atoms with Crippen molar-refractivity contribution in [3.8, 4) is 0 Å². The van der Waals surface area contributed by atoms with Crippen molar-refractivity contribution >= 4 is 17.4 Å². The van der Waals surface area contributed by atoms with Gasteiger partial charge in [0.15, 0.2) is 5.82 Å². The average molecular weight is 265 g/mol. The molecule has 4 N–H and O–H groups in total. The maximum atomic E-state index is 13.3. The van der Waals surface area contributed by atoms with Crippen molar-refractivity contribution in [3.63, 3.8) is 0 Å². The Morgan fingerprint density at radius 3 is 2.79 bits per heavy atom. The van der Waals surface area contributed by atoms with Gasteiger partial charge in [0, 0.05) is 6.07 Å². The molecule has 0 aliphatic carbocycles. The normalized spacial score (nSPS) is 10.1. The lowest BCUT2D eigenvalue weighted by molar-refractivity contribution is 0.102. The molecule has 19 heavy (non-hydrogen) atoms. The molecule has 0 unspecified atom stereocenters. The molecule has 0 bridgehead atoms. The maximum absolute atomic E-state index is 13.3. The van der Waals surface area contributed by atoms with Gasteiger partial charge < -0.3 is 10.7 Å². The molecule has 8 heteroatoms. The van der Waals surface area contributed by atoms with Gasteiger partial charge in [-0.1, -0.05) is 0 Å². The highest BCUT2D eigenvalue weighted by Gasteiger charge is 2.12. The van der Waals surface area contributed by atoms with Gasteiger partial charge in [0.25, 0.3) is 5.91 Å². The minimum atomic E-state index is -0.754. The Morgan fingerprint density at radius 2 is 2.05 bits per heavy atom. The summed E-state index contributed by atoms with van der Waals surface area (Å²) in [4.78, 5) is 19.3. The number of hydrogen-bond donors (Lipinski definition) is 3. The molecule has 98 valence electrons. The second-order valence-corrected chi connectivity index (χ2v) is 3.51. The Balaban J connectivity index is 2.22. The van der Waals surface area contributed by atoms with Gasteiger partial charge in [-0.25, -0.2) is 19.6 Å². The third-order valence-corrected chi connectivity index (χ3v) is 2.19. The molecule has 1 aromatic heterocycles. The van der Waals surface area contributed by atoms with Crippen molar-refractivity contribution in [1.29, 1.82) is 0 Å². The van der Waals surface area contributed by atoms with E-state index in [0.717, 1.165) is 18.2 Å². The number of nitrogens with two attached hydrogens (primary N) is 1. The first-order chi connectivity index (χ1) is 9.10. The second kappa shape index (κ2) is 5.36. The van der Waals surface area contributed by atoms with Crippen LogP contribution in [0, 0.1) is 11.6 Å². The predicted octanol–water partition coefficient (Wildman–Crippen LogP) is 1.29.